The van der Waals surface area contributed by atoms with Gasteiger partial charge in [0.25, 0.3) is 0 Å². The molecule has 0 bridgehead atoms. The first kappa shape index (κ1) is 17.8. The minimum atomic E-state index is -4.34. The second-order valence-electron chi connectivity index (χ2n) is 4.35. The Morgan fingerprint density at radius 3 is 2.28 bits per heavy atom. The van der Waals surface area contributed by atoms with Crippen molar-refractivity contribution in [2.75, 3.05) is 13.2 Å². The average molecular weight is 282 g/mol. The molecule has 0 amide bonds. The molecule has 1 unspecified atom stereocenters. The van der Waals surface area contributed by atoms with Gasteiger partial charge in [0.1, 0.15) is 0 Å². The molecule has 0 aromatic carbocycles. The van der Waals surface area contributed by atoms with E-state index in [1.54, 1.807) is 0 Å². The Morgan fingerprint density at radius 2 is 1.72 bits per heavy atom. The van der Waals surface area contributed by atoms with E-state index in [1.807, 2.05) is 6.92 Å². The van der Waals surface area contributed by atoms with Gasteiger partial charge < -0.3 is 4.74 Å². The van der Waals surface area contributed by atoms with Crippen molar-refractivity contribution in [2.24, 2.45) is 0 Å². The van der Waals surface area contributed by atoms with Crippen molar-refractivity contribution in [3.05, 3.63) is 0 Å². The lowest BCUT2D eigenvalue weighted by Crippen LogP contribution is -2.17. The summed E-state index contributed by atoms with van der Waals surface area (Å²) in [4.78, 5) is 0. The Kier molecular flexibility index (Phi) is 10.6. The number of rotatable bonds is 12. The molecule has 0 fully saturated rings. The number of ether oxygens (including phenoxy) is 1. The fourth-order valence-electron chi connectivity index (χ4n) is 1.73. The van der Waals surface area contributed by atoms with E-state index in [2.05, 4.69) is 11.1 Å². The molecule has 5 nitrogen and oxygen atoms in total. The van der Waals surface area contributed by atoms with Crippen molar-refractivity contribution >= 4 is 10.4 Å². The maximum absolute atomic E-state index is 10.3. The first-order chi connectivity index (χ1) is 8.49. The van der Waals surface area contributed by atoms with Gasteiger partial charge in [0.05, 0.1) is 19.3 Å². The summed E-state index contributed by atoms with van der Waals surface area (Å²) in [7, 11) is -4.34. The third-order valence-electron chi connectivity index (χ3n) is 2.75. The van der Waals surface area contributed by atoms with Crippen molar-refractivity contribution < 1.29 is 21.9 Å². The highest BCUT2D eigenvalue weighted by Gasteiger charge is 2.08. The van der Waals surface area contributed by atoms with Crippen LogP contribution in [0, 0.1) is 0 Å². The molecule has 0 aromatic rings. The van der Waals surface area contributed by atoms with E-state index in [-0.39, 0.29) is 19.3 Å². The van der Waals surface area contributed by atoms with Gasteiger partial charge in [0.2, 0.25) is 0 Å². The van der Waals surface area contributed by atoms with Gasteiger partial charge in [-0.05, 0) is 12.8 Å². The molecule has 0 rings (SSSR count). The third kappa shape index (κ3) is 12.3. The SMILES string of the molecule is CCCCCCCC(CC)OCCOS(=O)(=O)O. The highest BCUT2D eigenvalue weighted by Crippen LogP contribution is 2.11. The van der Waals surface area contributed by atoms with Crippen LogP contribution in [-0.2, 0) is 19.3 Å². The molecule has 0 heterocycles. The minimum absolute atomic E-state index is 0.134. The molecule has 0 aliphatic heterocycles. The van der Waals surface area contributed by atoms with Crippen LogP contribution in [0.5, 0.6) is 0 Å². The van der Waals surface area contributed by atoms with Crippen LogP contribution in [0.3, 0.4) is 0 Å². The predicted octanol–water partition coefficient (Wildman–Crippen LogP) is 2.96. The molecular formula is C12H26O5S. The molecule has 1 atom stereocenters. The molecule has 18 heavy (non-hydrogen) atoms. The van der Waals surface area contributed by atoms with E-state index in [9.17, 15) is 8.42 Å². The fourth-order valence-corrected chi connectivity index (χ4v) is 2.01. The lowest BCUT2D eigenvalue weighted by molar-refractivity contribution is 0.0245. The zero-order valence-electron chi connectivity index (χ0n) is 11.4. The molecule has 6 heteroatoms. The second kappa shape index (κ2) is 10.7. The molecule has 0 saturated carbocycles. The molecular weight excluding hydrogens is 256 g/mol. The van der Waals surface area contributed by atoms with Gasteiger partial charge >= 0.3 is 10.4 Å². The summed E-state index contributed by atoms with van der Waals surface area (Å²) in [5.41, 5.74) is 0. The summed E-state index contributed by atoms with van der Waals surface area (Å²) >= 11 is 0. The van der Waals surface area contributed by atoms with Crippen LogP contribution in [0.1, 0.15) is 58.8 Å². The molecule has 0 spiro atoms. The number of unbranched alkanes of at least 4 members (excludes halogenated alkanes) is 4. The smallest absolute Gasteiger partial charge is 0.376 e. The molecule has 1 N–H and O–H groups in total. The van der Waals surface area contributed by atoms with E-state index in [4.69, 9.17) is 9.29 Å². The minimum Gasteiger partial charge on any atom is -0.376 e. The Bertz CT molecular complexity index is 276. The lowest BCUT2D eigenvalue weighted by atomic mass is 10.1. The van der Waals surface area contributed by atoms with Crippen molar-refractivity contribution in [3.8, 4) is 0 Å². The number of hydrogen-bond donors (Lipinski definition) is 1. The van der Waals surface area contributed by atoms with Crippen LogP contribution in [0.15, 0.2) is 0 Å². The van der Waals surface area contributed by atoms with E-state index in [0.717, 1.165) is 19.3 Å². The van der Waals surface area contributed by atoms with Gasteiger partial charge in [0.15, 0.2) is 0 Å². The monoisotopic (exact) mass is 282 g/mol. The van der Waals surface area contributed by atoms with E-state index >= 15 is 0 Å². The second-order valence-corrected chi connectivity index (χ2v) is 5.44. The first-order valence-corrected chi connectivity index (χ1v) is 8.09. The van der Waals surface area contributed by atoms with E-state index in [0.29, 0.717) is 0 Å². The van der Waals surface area contributed by atoms with Crippen molar-refractivity contribution in [1.29, 1.82) is 0 Å². The van der Waals surface area contributed by atoms with Crippen LogP contribution in [0.2, 0.25) is 0 Å². The van der Waals surface area contributed by atoms with Crippen LogP contribution in [0.25, 0.3) is 0 Å². The Morgan fingerprint density at radius 1 is 1.06 bits per heavy atom. The van der Waals surface area contributed by atoms with Crippen molar-refractivity contribution in [2.45, 2.75) is 64.9 Å². The molecule has 0 aromatic heterocycles. The summed E-state index contributed by atoms with van der Waals surface area (Å²) < 4.78 is 38.6. The molecule has 0 aliphatic rings. The highest BCUT2D eigenvalue weighted by molar-refractivity contribution is 7.80. The van der Waals surface area contributed by atoms with Gasteiger partial charge in [-0.2, -0.15) is 8.42 Å². The van der Waals surface area contributed by atoms with E-state index < -0.39 is 10.4 Å². The van der Waals surface area contributed by atoms with Crippen molar-refractivity contribution in [3.63, 3.8) is 0 Å². The van der Waals surface area contributed by atoms with Gasteiger partial charge in [-0.25, -0.2) is 4.18 Å². The van der Waals surface area contributed by atoms with Crippen LogP contribution in [0.4, 0.5) is 0 Å². The summed E-state index contributed by atoms with van der Waals surface area (Å²) in [6.45, 7) is 4.28. The third-order valence-corrected chi connectivity index (χ3v) is 3.22. The van der Waals surface area contributed by atoms with Gasteiger partial charge in [-0.1, -0.05) is 46.0 Å². The molecule has 0 radical (unpaired) electrons. The topological polar surface area (TPSA) is 72.8 Å². The number of hydrogen-bond acceptors (Lipinski definition) is 4. The van der Waals surface area contributed by atoms with Crippen LogP contribution < -0.4 is 0 Å². The summed E-state index contributed by atoms with van der Waals surface area (Å²) in [5, 5.41) is 0. The Labute approximate surface area is 111 Å². The molecule has 110 valence electrons. The fraction of sp³-hybridized carbons (Fsp3) is 1.00. The quantitative estimate of drug-likeness (QED) is 0.440. The molecule has 0 aliphatic carbocycles. The highest BCUT2D eigenvalue weighted by atomic mass is 32.3. The van der Waals surface area contributed by atoms with Crippen molar-refractivity contribution in [1.82, 2.24) is 0 Å². The maximum atomic E-state index is 10.3. The van der Waals surface area contributed by atoms with Gasteiger partial charge in [-0.15, -0.1) is 0 Å². The summed E-state index contributed by atoms with van der Waals surface area (Å²) in [6.07, 6.45) is 8.18. The maximum Gasteiger partial charge on any atom is 0.397 e. The Hall–Kier alpha value is -0.170. The first-order valence-electron chi connectivity index (χ1n) is 6.73. The lowest BCUT2D eigenvalue weighted by Gasteiger charge is -2.15. The van der Waals surface area contributed by atoms with Crippen LogP contribution >= 0.6 is 0 Å². The zero-order valence-corrected chi connectivity index (χ0v) is 12.2. The standard InChI is InChI=1S/C12H26O5S/c1-3-5-6-7-8-9-12(4-2)16-10-11-17-18(13,14)15/h12H,3-11H2,1-2H3,(H,13,14,15). The van der Waals surface area contributed by atoms with E-state index in [1.165, 1.54) is 25.7 Å². The summed E-state index contributed by atoms with van der Waals surface area (Å²) in [6, 6.07) is 0. The average Bonchev–Trinajstić information content (AvgIpc) is 2.30. The zero-order chi connectivity index (χ0) is 13.9. The predicted molar refractivity (Wildman–Crippen MR) is 70.9 cm³/mol. The normalized spacial score (nSPS) is 13.7. The largest absolute Gasteiger partial charge is 0.397 e. The van der Waals surface area contributed by atoms with Crippen LogP contribution in [-0.4, -0.2) is 32.3 Å². The summed E-state index contributed by atoms with van der Waals surface area (Å²) in [5.74, 6) is 0. The van der Waals surface area contributed by atoms with Gasteiger partial charge in [0, 0.05) is 0 Å². The van der Waals surface area contributed by atoms with Gasteiger partial charge in [-0.3, -0.25) is 4.55 Å². The molecule has 0 saturated heterocycles. The Balaban J connectivity index is 3.52.